The van der Waals surface area contributed by atoms with Gasteiger partial charge >= 0.3 is 0 Å². The van der Waals surface area contributed by atoms with Gasteiger partial charge in [0, 0.05) is 0 Å². The number of fused-ring (bicyclic) bond motifs is 1. The fourth-order valence-electron chi connectivity index (χ4n) is 2.03. The van der Waals surface area contributed by atoms with E-state index >= 15 is 0 Å². The third-order valence-corrected chi connectivity index (χ3v) is 4.24. The third kappa shape index (κ3) is 6.54. The molecule has 0 bridgehead atoms. The maximum atomic E-state index is 10.5. The number of nitrogens with one attached hydrogen (secondary N) is 1. The fraction of sp³-hybridized carbons (Fsp3) is 0.176. The average Bonchev–Trinajstić information content (AvgIpc) is 2.68. The van der Waals surface area contributed by atoms with Crippen molar-refractivity contribution in [2.75, 3.05) is 13.2 Å². The van der Waals surface area contributed by atoms with Crippen LogP contribution in [0.4, 0.5) is 0 Å². The first-order chi connectivity index (χ1) is 13.3. The molecule has 150 valence electrons. The van der Waals surface area contributed by atoms with E-state index in [-0.39, 0.29) is 10.9 Å². The SMILES string of the molecule is Cc1ccc(S(=O)(=O)O)cc1.NC(=N/N=C/c1ccc2c(c1)OCCO2)NO. The van der Waals surface area contributed by atoms with Crippen LogP contribution >= 0.6 is 0 Å². The first kappa shape index (κ1) is 21.2. The van der Waals surface area contributed by atoms with E-state index in [1.807, 2.05) is 13.0 Å². The molecule has 0 radical (unpaired) electrons. The zero-order valence-corrected chi connectivity index (χ0v) is 15.8. The smallest absolute Gasteiger partial charge is 0.294 e. The van der Waals surface area contributed by atoms with Crippen LogP contribution in [0, 0.1) is 6.92 Å². The first-order valence-electron chi connectivity index (χ1n) is 8.00. The molecule has 0 fully saturated rings. The molecular weight excluding hydrogens is 388 g/mol. The van der Waals surface area contributed by atoms with Gasteiger partial charge in [-0.1, -0.05) is 17.7 Å². The van der Waals surface area contributed by atoms with E-state index in [0.717, 1.165) is 11.1 Å². The van der Waals surface area contributed by atoms with Crippen molar-refractivity contribution in [3.8, 4) is 11.5 Å². The van der Waals surface area contributed by atoms with E-state index in [1.54, 1.807) is 29.7 Å². The lowest BCUT2D eigenvalue weighted by Gasteiger charge is -2.18. The summed E-state index contributed by atoms with van der Waals surface area (Å²) < 4.78 is 40.3. The Morgan fingerprint density at radius 1 is 1.14 bits per heavy atom. The van der Waals surface area contributed by atoms with Crippen LogP contribution in [0.25, 0.3) is 0 Å². The Kier molecular flexibility index (Phi) is 7.32. The Balaban J connectivity index is 0.000000221. The zero-order chi connectivity index (χ0) is 20.6. The lowest BCUT2D eigenvalue weighted by molar-refractivity contribution is 0.171. The van der Waals surface area contributed by atoms with Crippen LogP contribution < -0.4 is 20.7 Å². The van der Waals surface area contributed by atoms with E-state index in [1.165, 1.54) is 18.3 Å². The largest absolute Gasteiger partial charge is 0.486 e. The lowest BCUT2D eigenvalue weighted by atomic mass is 10.2. The maximum absolute atomic E-state index is 10.5. The molecular formula is C17H20N4O6S. The molecule has 1 aliphatic heterocycles. The highest BCUT2D eigenvalue weighted by Crippen LogP contribution is 2.30. The highest BCUT2D eigenvalue weighted by molar-refractivity contribution is 7.85. The van der Waals surface area contributed by atoms with Gasteiger partial charge in [-0.25, -0.2) is 5.48 Å². The van der Waals surface area contributed by atoms with E-state index in [9.17, 15) is 8.42 Å². The van der Waals surface area contributed by atoms with Crippen LogP contribution in [0.1, 0.15) is 11.1 Å². The Morgan fingerprint density at radius 3 is 2.39 bits per heavy atom. The standard InChI is InChI=1S/C10H12N4O3.C7H8O3S/c11-10(14-15)13-12-6-7-1-2-8-9(5-7)17-4-3-16-8;1-6-2-4-7(5-3-6)11(8,9)10/h1-2,5-6,15H,3-4H2,(H3,11,13,14);2-5H,1H3,(H,8,9,10)/b12-6+;. The van der Waals surface area contributed by atoms with E-state index in [4.69, 9.17) is 25.0 Å². The van der Waals surface area contributed by atoms with Crippen molar-refractivity contribution in [2.24, 2.45) is 15.9 Å². The van der Waals surface area contributed by atoms with Crippen molar-refractivity contribution in [3.05, 3.63) is 53.6 Å². The Hall–Kier alpha value is -3.15. The Morgan fingerprint density at radius 2 is 1.79 bits per heavy atom. The van der Waals surface area contributed by atoms with Gasteiger partial charge in [0.25, 0.3) is 10.1 Å². The quantitative estimate of drug-likeness (QED) is 0.256. The summed E-state index contributed by atoms with van der Waals surface area (Å²) in [5.41, 5.74) is 8.60. The van der Waals surface area contributed by atoms with Gasteiger partial charge in [0.1, 0.15) is 13.2 Å². The summed E-state index contributed by atoms with van der Waals surface area (Å²) in [6.07, 6.45) is 1.49. The molecule has 2 aromatic rings. The van der Waals surface area contributed by atoms with Gasteiger partial charge in [-0.05, 0) is 42.8 Å². The topological polar surface area (TPSA) is 156 Å². The monoisotopic (exact) mass is 408 g/mol. The fourth-order valence-corrected chi connectivity index (χ4v) is 2.51. The number of hydrogen-bond acceptors (Lipinski definition) is 7. The molecule has 10 nitrogen and oxygen atoms in total. The molecule has 0 spiro atoms. The van der Waals surface area contributed by atoms with Crippen LogP contribution in [-0.2, 0) is 10.1 Å². The van der Waals surface area contributed by atoms with Crippen molar-refractivity contribution in [1.29, 1.82) is 0 Å². The number of guanidine groups is 1. The number of nitrogens with zero attached hydrogens (tertiary/aromatic N) is 2. The van der Waals surface area contributed by atoms with Crippen LogP contribution in [0.15, 0.2) is 57.6 Å². The van der Waals surface area contributed by atoms with Gasteiger partial charge in [-0.15, -0.1) is 5.10 Å². The molecule has 28 heavy (non-hydrogen) atoms. The van der Waals surface area contributed by atoms with Crippen LogP contribution in [-0.4, -0.2) is 43.6 Å². The summed E-state index contributed by atoms with van der Waals surface area (Å²) in [5.74, 6) is 1.21. The van der Waals surface area contributed by atoms with Crippen molar-refractivity contribution >= 4 is 22.3 Å². The third-order valence-electron chi connectivity index (χ3n) is 3.37. The number of ether oxygens (including phenoxy) is 2. The van der Waals surface area contributed by atoms with E-state index in [0.29, 0.717) is 24.7 Å². The highest BCUT2D eigenvalue weighted by Gasteiger charge is 2.10. The molecule has 1 aliphatic rings. The second kappa shape index (κ2) is 9.69. The molecule has 0 amide bonds. The number of rotatable bonds is 3. The molecule has 0 aromatic heterocycles. The molecule has 0 atom stereocenters. The number of hydroxylamine groups is 1. The number of nitrogens with two attached hydrogens (primary N) is 1. The average molecular weight is 408 g/mol. The van der Waals surface area contributed by atoms with Crippen molar-refractivity contribution in [1.82, 2.24) is 5.48 Å². The van der Waals surface area contributed by atoms with Gasteiger partial charge in [0.05, 0.1) is 11.1 Å². The predicted molar refractivity (Wildman–Crippen MR) is 103 cm³/mol. The number of hydrogen-bond donors (Lipinski definition) is 4. The molecule has 0 saturated carbocycles. The summed E-state index contributed by atoms with van der Waals surface area (Å²) in [6, 6.07) is 11.4. The summed E-state index contributed by atoms with van der Waals surface area (Å²) in [7, 11) is -4.02. The van der Waals surface area contributed by atoms with E-state index < -0.39 is 10.1 Å². The number of benzene rings is 2. The maximum Gasteiger partial charge on any atom is 0.294 e. The molecule has 11 heteroatoms. The minimum atomic E-state index is -4.02. The summed E-state index contributed by atoms with van der Waals surface area (Å²) >= 11 is 0. The minimum Gasteiger partial charge on any atom is -0.486 e. The molecule has 0 saturated heterocycles. The van der Waals surface area contributed by atoms with Crippen molar-refractivity contribution in [3.63, 3.8) is 0 Å². The van der Waals surface area contributed by atoms with Crippen LogP contribution in [0.3, 0.4) is 0 Å². The minimum absolute atomic E-state index is 0.0666. The van der Waals surface area contributed by atoms with Gasteiger partial charge in [-0.2, -0.15) is 13.5 Å². The van der Waals surface area contributed by atoms with Crippen LogP contribution in [0.2, 0.25) is 0 Å². The Labute approximate surface area is 162 Å². The predicted octanol–water partition coefficient (Wildman–Crippen LogP) is 1.33. The molecule has 2 aromatic carbocycles. The van der Waals surface area contributed by atoms with Gasteiger partial charge < -0.3 is 15.2 Å². The Bertz CT molecular complexity index is 958. The molecule has 5 N–H and O–H groups in total. The summed E-state index contributed by atoms with van der Waals surface area (Å²) in [5, 5.41) is 15.5. The van der Waals surface area contributed by atoms with Gasteiger partial charge in [-0.3, -0.25) is 9.76 Å². The number of aryl methyl sites for hydroxylation is 1. The second-order valence-electron chi connectivity index (χ2n) is 5.53. The summed E-state index contributed by atoms with van der Waals surface area (Å²) in [6.45, 7) is 2.93. The van der Waals surface area contributed by atoms with E-state index in [2.05, 4.69) is 10.2 Å². The molecule has 0 aliphatic carbocycles. The molecule has 0 unspecified atom stereocenters. The van der Waals surface area contributed by atoms with Gasteiger partial charge in [0.15, 0.2) is 11.5 Å². The van der Waals surface area contributed by atoms with Crippen molar-refractivity contribution in [2.45, 2.75) is 11.8 Å². The summed E-state index contributed by atoms with van der Waals surface area (Å²) in [4.78, 5) is -0.0666. The van der Waals surface area contributed by atoms with Crippen LogP contribution in [0.5, 0.6) is 11.5 Å². The first-order valence-corrected chi connectivity index (χ1v) is 9.44. The normalized spacial score (nSPS) is 13.6. The highest BCUT2D eigenvalue weighted by atomic mass is 32.2. The molecule has 1 heterocycles. The molecule has 3 rings (SSSR count). The van der Waals surface area contributed by atoms with Crippen molar-refractivity contribution < 1.29 is 27.7 Å². The second-order valence-corrected chi connectivity index (χ2v) is 6.95. The zero-order valence-electron chi connectivity index (χ0n) is 14.9. The lowest BCUT2D eigenvalue weighted by Crippen LogP contribution is -2.27. The van der Waals surface area contributed by atoms with Gasteiger partial charge in [0.2, 0.25) is 5.96 Å².